The maximum Gasteiger partial charge on any atom is 0.240 e. The number of likely N-dealkylation sites (tertiary alicyclic amines) is 1. The first-order valence-electron chi connectivity index (χ1n) is 6.68. The average molecular weight is 258 g/mol. The Morgan fingerprint density at radius 1 is 1.21 bits per heavy atom. The van der Waals surface area contributed by atoms with Crippen LogP contribution in [0.4, 0.5) is 0 Å². The number of hydrogen-bond donors (Lipinski definition) is 1. The van der Waals surface area contributed by atoms with Crippen LogP contribution in [0.2, 0.25) is 0 Å². The van der Waals surface area contributed by atoms with E-state index in [4.69, 9.17) is 10.3 Å². The fraction of sp³-hybridized carbons (Fsp3) is 0.429. The third-order valence-corrected chi connectivity index (χ3v) is 3.48. The molecule has 100 valence electrons. The Morgan fingerprint density at radius 3 is 2.68 bits per heavy atom. The molecule has 0 amide bonds. The Labute approximate surface area is 112 Å². The van der Waals surface area contributed by atoms with Crippen LogP contribution >= 0.6 is 0 Å². The minimum atomic E-state index is -0.322. The van der Waals surface area contributed by atoms with E-state index >= 15 is 0 Å². The molecule has 19 heavy (non-hydrogen) atoms. The Balaban J connectivity index is 1.70. The fourth-order valence-electron chi connectivity index (χ4n) is 2.40. The van der Waals surface area contributed by atoms with Crippen LogP contribution in [0, 0.1) is 0 Å². The summed E-state index contributed by atoms with van der Waals surface area (Å²) in [6, 6.07) is 9.51. The van der Waals surface area contributed by atoms with Gasteiger partial charge in [-0.1, -0.05) is 35.5 Å². The second-order valence-corrected chi connectivity index (χ2v) is 4.92. The molecule has 1 fully saturated rings. The van der Waals surface area contributed by atoms with Crippen LogP contribution in [0.5, 0.6) is 0 Å². The summed E-state index contributed by atoms with van der Waals surface area (Å²) in [5.41, 5.74) is 7.14. The van der Waals surface area contributed by atoms with Crippen LogP contribution in [-0.4, -0.2) is 28.1 Å². The summed E-state index contributed by atoms with van der Waals surface area (Å²) in [4.78, 5) is 6.73. The lowest BCUT2D eigenvalue weighted by Crippen LogP contribution is -2.19. The molecule has 1 atom stereocenters. The molecule has 3 rings (SSSR count). The van der Waals surface area contributed by atoms with E-state index in [0.29, 0.717) is 11.7 Å². The van der Waals surface area contributed by atoms with Crippen molar-refractivity contribution in [2.45, 2.75) is 25.4 Å². The van der Waals surface area contributed by atoms with Gasteiger partial charge < -0.3 is 10.3 Å². The third kappa shape index (κ3) is 2.83. The topological polar surface area (TPSA) is 68.2 Å². The van der Waals surface area contributed by atoms with Crippen LogP contribution in [0.15, 0.2) is 34.9 Å². The van der Waals surface area contributed by atoms with Gasteiger partial charge in [0.1, 0.15) is 0 Å². The highest BCUT2D eigenvalue weighted by molar-refractivity contribution is 5.23. The first-order valence-corrected chi connectivity index (χ1v) is 6.68. The predicted octanol–water partition coefficient (Wildman–Crippen LogP) is 1.71. The second kappa shape index (κ2) is 5.50. The molecule has 1 saturated heterocycles. The lowest BCUT2D eigenvalue weighted by Gasteiger charge is -2.10. The van der Waals surface area contributed by atoms with E-state index < -0.39 is 0 Å². The van der Waals surface area contributed by atoms with E-state index in [-0.39, 0.29) is 6.04 Å². The van der Waals surface area contributed by atoms with Gasteiger partial charge in [0.25, 0.3) is 0 Å². The molecule has 0 radical (unpaired) electrons. The smallest absolute Gasteiger partial charge is 0.240 e. The third-order valence-electron chi connectivity index (χ3n) is 3.48. The lowest BCUT2D eigenvalue weighted by molar-refractivity contribution is 0.267. The molecular formula is C14H18N4O. The summed E-state index contributed by atoms with van der Waals surface area (Å²) < 4.78 is 5.29. The normalized spacial score (nSPS) is 17.7. The van der Waals surface area contributed by atoms with Crippen molar-refractivity contribution in [2.75, 3.05) is 13.1 Å². The number of aromatic nitrogens is 2. The molecule has 0 spiro atoms. The minimum Gasteiger partial charge on any atom is -0.338 e. The summed E-state index contributed by atoms with van der Waals surface area (Å²) >= 11 is 0. The summed E-state index contributed by atoms with van der Waals surface area (Å²) in [7, 11) is 0. The zero-order valence-corrected chi connectivity index (χ0v) is 10.8. The van der Waals surface area contributed by atoms with Crippen LogP contribution in [0.1, 0.15) is 36.2 Å². The first kappa shape index (κ1) is 12.3. The van der Waals surface area contributed by atoms with Crippen LogP contribution in [-0.2, 0) is 6.54 Å². The molecule has 2 aromatic rings. The van der Waals surface area contributed by atoms with Crippen LogP contribution < -0.4 is 5.73 Å². The molecule has 1 aliphatic rings. The maximum absolute atomic E-state index is 6.14. The molecule has 1 aromatic carbocycles. The lowest BCUT2D eigenvalue weighted by atomic mass is 10.1. The number of rotatable bonds is 4. The van der Waals surface area contributed by atoms with Crippen molar-refractivity contribution in [3.05, 3.63) is 47.6 Å². The molecule has 1 unspecified atom stereocenters. The predicted molar refractivity (Wildman–Crippen MR) is 71.3 cm³/mol. The van der Waals surface area contributed by atoms with E-state index in [9.17, 15) is 0 Å². The monoisotopic (exact) mass is 258 g/mol. The first-order chi connectivity index (χ1) is 9.33. The van der Waals surface area contributed by atoms with Gasteiger partial charge in [-0.25, -0.2) is 0 Å². The van der Waals surface area contributed by atoms with Crippen molar-refractivity contribution >= 4 is 0 Å². The SMILES string of the molecule is NC(c1ccccc1)c1noc(CN2CCCC2)n1. The zero-order chi connectivity index (χ0) is 13.1. The maximum atomic E-state index is 6.14. The van der Waals surface area contributed by atoms with Gasteiger partial charge in [0, 0.05) is 0 Å². The molecular weight excluding hydrogens is 240 g/mol. The van der Waals surface area contributed by atoms with Gasteiger partial charge in [0.05, 0.1) is 12.6 Å². The van der Waals surface area contributed by atoms with Crippen molar-refractivity contribution in [2.24, 2.45) is 5.73 Å². The Hall–Kier alpha value is -1.72. The zero-order valence-electron chi connectivity index (χ0n) is 10.8. The van der Waals surface area contributed by atoms with Gasteiger partial charge in [0.2, 0.25) is 5.89 Å². The highest BCUT2D eigenvalue weighted by Gasteiger charge is 2.19. The van der Waals surface area contributed by atoms with Crippen molar-refractivity contribution in [1.29, 1.82) is 0 Å². The number of hydrogen-bond acceptors (Lipinski definition) is 5. The average Bonchev–Trinajstić information content (AvgIpc) is 3.11. The molecule has 5 heteroatoms. The van der Waals surface area contributed by atoms with Crippen molar-refractivity contribution in [3.63, 3.8) is 0 Å². The molecule has 0 bridgehead atoms. The summed E-state index contributed by atoms with van der Waals surface area (Å²) in [5.74, 6) is 1.21. The van der Waals surface area contributed by atoms with E-state index in [0.717, 1.165) is 25.2 Å². The summed E-state index contributed by atoms with van der Waals surface area (Å²) in [6.45, 7) is 2.96. The molecule has 1 aliphatic heterocycles. The fourth-order valence-corrected chi connectivity index (χ4v) is 2.40. The number of benzene rings is 1. The van der Waals surface area contributed by atoms with Gasteiger partial charge in [-0.2, -0.15) is 4.98 Å². The molecule has 2 N–H and O–H groups in total. The van der Waals surface area contributed by atoms with Gasteiger partial charge in [-0.3, -0.25) is 4.90 Å². The molecule has 1 aromatic heterocycles. The van der Waals surface area contributed by atoms with E-state index in [1.165, 1.54) is 12.8 Å². The Kier molecular flexibility index (Phi) is 3.57. The number of nitrogens with two attached hydrogens (primary N) is 1. The Bertz CT molecular complexity index is 519. The van der Waals surface area contributed by atoms with Crippen LogP contribution in [0.3, 0.4) is 0 Å². The van der Waals surface area contributed by atoms with E-state index in [2.05, 4.69) is 15.0 Å². The quantitative estimate of drug-likeness (QED) is 0.904. The van der Waals surface area contributed by atoms with Gasteiger partial charge in [-0.05, 0) is 31.5 Å². The standard InChI is InChI=1S/C14H18N4O/c15-13(11-6-2-1-3-7-11)14-16-12(19-17-14)10-18-8-4-5-9-18/h1-3,6-7,13H,4-5,8-10,15H2. The van der Waals surface area contributed by atoms with E-state index in [1.807, 2.05) is 30.3 Å². The molecule has 2 heterocycles. The van der Waals surface area contributed by atoms with Crippen molar-refractivity contribution in [1.82, 2.24) is 15.0 Å². The van der Waals surface area contributed by atoms with Gasteiger partial charge >= 0.3 is 0 Å². The largest absolute Gasteiger partial charge is 0.338 e. The Morgan fingerprint density at radius 2 is 1.95 bits per heavy atom. The van der Waals surface area contributed by atoms with Crippen molar-refractivity contribution in [3.8, 4) is 0 Å². The van der Waals surface area contributed by atoms with Crippen LogP contribution in [0.25, 0.3) is 0 Å². The highest BCUT2D eigenvalue weighted by atomic mass is 16.5. The molecule has 0 saturated carbocycles. The minimum absolute atomic E-state index is 0.322. The molecule has 0 aliphatic carbocycles. The summed E-state index contributed by atoms with van der Waals surface area (Å²) in [5, 5.41) is 4.00. The van der Waals surface area contributed by atoms with Crippen molar-refractivity contribution < 1.29 is 4.52 Å². The second-order valence-electron chi connectivity index (χ2n) is 4.92. The number of nitrogens with zero attached hydrogens (tertiary/aromatic N) is 3. The highest BCUT2D eigenvalue weighted by Crippen LogP contribution is 2.17. The van der Waals surface area contributed by atoms with Gasteiger partial charge in [-0.15, -0.1) is 0 Å². The van der Waals surface area contributed by atoms with E-state index in [1.54, 1.807) is 0 Å². The summed E-state index contributed by atoms with van der Waals surface area (Å²) in [6.07, 6.45) is 2.51. The van der Waals surface area contributed by atoms with Gasteiger partial charge in [0.15, 0.2) is 5.82 Å². The molecule has 5 nitrogen and oxygen atoms in total.